The summed E-state index contributed by atoms with van der Waals surface area (Å²) in [6.45, 7) is 3.83. The molecule has 1 unspecified atom stereocenters. The summed E-state index contributed by atoms with van der Waals surface area (Å²) in [7, 11) is 0. The lowest BCUT2D eigenvalue weighted by atomic mass is 10.00. The van der Waals surface area contributed by atoms with Crippen LogP contribution in [0.3, 0.4) is 0 Å². The van der Waals surface area contributed by atoms with Gasteiger partial charge in [-0.05, 0) is 41.6 Å². The van der Waals surface area contributed by atoms with E-state index in [1.807, 2.05) is 38.1 Å². The lowest BCUT2D eigenvalue weighted by molar-refractivity contribution is 0.0717. The van der Waals surface area contributed by atoms with Gasteiger partial charge in [-0.3, -0.25) is 0 Å². The van der Waals surface area contributed by atoms with Crippen molar-refractivity contribution >= 4 is 28.1 Å². The molecule has 4 rings (SSSR count). The lowest BCUT2D eigenvalue weighted by Gasteiger charge is -2.17. The van der Waals surface area contributed by atoms with Crippen LogP contribution in [0.1, 0.15) is 33.9 Å². The Hall–Kier alpha value is -2.99. The van der Waals surface area contributed by atoms with E-state index in [1.54, 1.807) is 10.7 Å². The number of benzene rings is 2. The second-order valence-corrected chi connectivity index (χ2v) is 7.22. The van der Waals surface area contributed by atoms with Crippen molar-refractivity contribution in [2.45, 2.75) is 19.9 Å². The molecule has 0 aliphatic heterocycles. The topological polar surface area (TPSA) is 44.1 Å². The number of fused-ring (bicyclic) bond motifs is 1. The Bertz CT molecular complexity index is 1130. The highest BCUT2D eigenvalue weighted by Gasteiger charge is 2.22. The van der Waals surface area contributed by atoms with Crippen LogP contribution >= 0.6 is 11.3 Å². The molecule has 6 heteroatoms. The molecule has 0 spiro atoms. The Kier molecular flexibility index (Phi) is 4.49. The number of aryl methyl sites for hydroxylation is 1. The number of aromatic nitrogens is 2. The van der Waals surface area contributed by atoms with E-state index in [2.05, 4.69) is 23.3 Å². The van der Waals surface area contributed by atoms with Gasteiger partial charge in [0.05, 0.1) is 11.7 Å². The quantitative estimate of drug-likeness (QED) is 0.447. The highest BCUT2D eigenvalue weighted by Crippen LogP contribution is 2.30. The smallest absolute Gasteiger partial charge is 0.358 e. The maximum Gasteiger partial charge on any atom is 0.358 e. The highest BCUT2D eigenvalue weighted by molar-refractivity contribution is 7.12. The minimum absolute atomic E-state index is 0.0433. The number of carbonyl (C=O) groups excluding carboxylic acids is 1. The van der Waals surface area contributed by atoms with Gasteiger partial charge in [0.2, 0.25) is 5.88 Å². The average Bonchev–Trinajstić information content (AvgIpc) is 3.26. The zero-order chi connectivity index (χ0) is 19.0. The van der Waals surface area contributed by atoms with E-state index >= 15 is 0 Å². The molecule has 2 aromatic heterocycles. The Morgan fingerprint density at radius 1 is 1.19 bits per heavy atom. The molecule has 4 nitrogen and oxygen atoms in total. The summed E-state index contributed by atoms with van der Waals surface area (Å²) in [5.41, 5.74) is 1.78. The van der Waals surface area contributed by atoms with Crippen LogP contribution in [0.2, 0.25) is 0 Å². The van der Waals surface area contributed by atoms with Gasteiger partial charge in [-0.15, -0.1) is 11.3 Å². The average molecular weight is 380 g/mol. The maximum atomic E-state index is 13.7. The number of hydrogen-bond donors (Lipinski definition) is 0. The largest absolute Gasteiger partial charge is 0.403 e. The molecule has 1 atom stereocenters. The van der Waals surface area contributed by atoms with Crippen LogP contribution < -0.4 is 4.74 Å². The molecule has 0 radical (unpaired) electrons. The minimum Gasteiger partial charge on any atom is -0.403 e. The van der Waals surface area contributed by atoms with Crippen molar-refractivity contribution < 1.29 is 13.9 Å². The minimum atomic E-state index is -0.714. The van der Waals surface area contributed by atoms with E-state index in [0.29, 0.717) is 5.88 Å². The molecular formula is C21H17FN2O2S. The molecule has 2 heterocycles. The number of thiophene rings is 1. The van der Waals surface area contributed by atoms with Gasteiger partial charge in [0, 0.05) is 6.07 Å². The van der Waals surface area contributed by atoms with Crippen molar-refractivity contribution in [2.75, 3.05) is 0 Å². The van der Waals surface area contributed by atoms with Crippen LogP contribution in [0.25, 0.3) is 10.8 Å². The van der Waals surface area contributed by atoms with E-state index in [9.17, 15) is 9.18 Å². The Balaban J connectivity index is 1.72. The number of nitrogens with zero attached hydrogens (tertiary/aromatic N) is 2. The number of carbonyl (C=O) groups is 1. The SMILES string of the molecule is Cc1cc(OC(=O)c2sccc2F)n(C(C)c2cccc3ccccc23)n1. The zero-order valence-electron chi connectivity index (χ0n) is 14.8. The first-order valence-electron chi connectivity index (χ1n) is 8.53. The maximum absolute atomic E-state index is 13.7. The standard InChI is InChI=1S/C21H17FN2O2S/c1-13-12-19(26-21(25)20-18(22)10-11-27-20)24(23-13)14(2)16-9-5-7-15-6-3-4-8-17(15)16/h3-12,14H,1-2H3. The summed E-state index contributed by atoms with van der Waals surface area (Å²) >= 11 is 1.02. The summed E-state index contributed by atoms with van der Waals surface area (Å²) in [5, 5.41) is 8.26. The van der Waals surface area contributed by atoms with Gasteiger partial charge in [0.25, 0.3) is 0 Å². The van der Waals surface area contributed by atoms with E-state index in [1.165, 1.54) is 11.4 Å². The Labute approximate surface area is 159 Å². The lowest BCUT2D eigenvalue weighted by Crippen LogP contribution is -2.15. The Morgan fingerprint density at radius 2 is 1.96 bits per heavy atom. The molecule has 0 saturated heterocycles. The molecule has 2 aromatic carbocycles. The van der Waals surface area contributed by atoms with Crippen molar-refractivity contribution in [1.82, 2.24) is 9.78 Å². The number of rotatable bonds is 4. The molecule has 27 heavy (non-hydrogen) atoms. The normalized spacial score (nSPS) is 12.3. The molecule has 0 aliphatic carbocycles. The zero-order valence-corrected chi connectivity index (χ0v) is 15.7. The summed E-state index contributed by atoms with van der Waals surface area (Å²) in [6, 6.07) is 17.0. The third kappa shape index (κ3) is 3.24. The predicted octanol–water partition coefficient (Wildman–Crippen LogP) is 5.37. The fourth-order valence-electron chi connectivity index (χ4n) is 3.17. The third-order valence-electron chi connectivity index (χ3n) is 4.46. The van der Waals surface area contributed by atoms with Crippen molar-refractivity contribution in [1.29, 1.82) is 0 Å². The van der Waals surface area contributed by atoms with Crippen molar-refractivity contribution in [3.8, 4) is 5.88 Å². The van der Waals surface area contributed by atoms with Gasteiger partial charge in [-0.2, -0.15) is 5.10 Å². The highest BCUT2D eigenvalue weighted by atomic mass is 32.1. The van der Waals surface area contributed by atoms with Gasteiger partial charge in [0.15, 0.2) is 0 Å². The van der Waals surface area contributed by atoms with Gasteiger partial charge in [-0.25, -0.2) is 13.9 Å². The predicted molar refractivity (Wildman–Crippen MR) is 104 cm³/mol. The monoisotopic (exact) mass is 380 g/mol. The molecule has 0 bridgehead atoms. The fraction of sp³-hybridized carbons (Fsp3) is 0.143. The molecule has 136 valence electrons. The van der Waals surface area contributed by atoms with E-state index in [-0.39, 0.29) is 10.9 Å². The number of esters is 1. The number of ether oxygens (including phenoxy) is 1. The number of halogens is 1. The summed E-state index contributed by atoms with van der Waals surface area (Å²) < 4.78 is 20.8. The van der Waals surface area contributed by atoms with Crippen molar-refractivity contribution in [3.05, 3.63) is 81.9 Å². The molecular weight excluding hydrogens is 363 g/mol. The van der Waals surface area contributed by atoms with Crippen molar-refractivity contribution in [2.24, 2.45) is 0 Å². The first-order chi connectivity index (χ1) is 13.0. The molecule has 0 saturated carbocycles. The second kappa shape index (κ2) is 6.96. The van der Waals surface area contributed by atoms with E-state index < -0.39 is 11.8 Å². The summed E-state index contributed by atoms with van der Waals surface area (Å²) in [4.78, 5) is 12.3. The summed E-state index contributed by atoms with van der Waals surface area (Å²) in [6.07, 6.45) is 0. The molecule has 0 fully saturated rings. The van der Waals surface area contributed by atoms with Crippen LogP contribution in [0.5, 0.6) is 5.88 Å². The van der Waals surface area contributed by atoms with Gasteiger partial charge in [-0.1, -0.05) is 42.5 Å². The Morgan fingerprint density at radius 3 is 2.74 bits per heavy atom. The fourth-order valence-corrected chi connectivity index (χ4v) is 3.82. The molecule has 0 aliphatic rings. The van der Waals surface area contributed by atoms with Gasteiger partial charge in [0.1, 0.15) is 10.7 Å². The van der Waals surface area contributed by atoms with Crippen LogP contribution in [0.15, 0.2) is 60.0 Å². The molecule has 0 N–H and O–H groups in total. The van der Waals surface area contributed by atoms with Crippen LogP contribution in [0.4, 0.5) is 4.39 Å². The second-order valence-electron chi connectivity index (χ2n) is 6.30. The number of hydrogen-bond acceptors (Lipinski definition) is 4. The third-order valence-corrected chi connectivity index (χ3v) is 5.33. The van der Waals surface area contributed by atoms with Crippen LogP contribution in [-0.4, -0.2) is 15.7 Å². The first-order valence-corrected chi connectivity index (χ1v) is 9.41. The molecule has 4 aromatic rings. The van der Waals surface area contributed by atoms with E-state index in [4.69, 9.17) is 4.74 Å². The van der Waals surface area contributed by atoms with Gasteiger partial charge >= 0.3 is 5.97 Å². The van der Waals surface area contributed by atoms with Crippen LogP contribution in [0, 0.1) is 12.7 Å². The van der Waals surface area contributed by atoms with Gasteiger partial charge < -0.3 is 4.74 Å². The van der Waals surface area contributed by atoms with Crippen molar-refractivity contribution in [3.63, 3.8) is 0 Å². The molecule has 0 amide bonds. The van der Waals surface area contributed by atoms with Crippen LogP contribution in [-0.2, 0) is 0 Å². The summed E-state index contributed by atoms with van der Waals surface area (Å²) in [5.74, 6) is -0.991. The first kappa shape index (κ1) is 17.4. The van der Waals surface area contributed by atoms with E-state index in [0.717, 1.165) is 33.4 Å².